The van der Waals surface area contributed by atoms with Gasteiger partial charge in [-0.15, -0.1) is 21.5 Å². The molecule has 2 fully saturated rings. The first-order chi connectivity index (χ1) is 18.4. The molecule has 0 N–H and O–H groups in total. The minimum absolute atomic E-state index is 0.0938. The molecule has 1 saturated heterocycles. The maximum absolute atomic E-state index is 12.2. The number of thiophene rings is 1. The lowest BCUT2D eigenvalue weighted by molar-refractivity contribution is -0.0832. The van der Waals surface area contributed by atoms with Crippen LogP contribution in [0.2, 0.25) is 0 Å². The number of carbonyl (C=O) groups excluding carboxylic acids is 1. The Hall–Kier alpha value is -3.44. The quantitative estimate of drug-likeness (QED) is 0.346. The number of benzene rings is 1. The highest BCUT2D eigenvalue weighted by molar-refractivity contribution is 7.15. The third-order valence-electron chi connectivity index (χ3n) is 7.99. The molecule has 1 atom stereocenters. The second kappa shape index (κ2) is 9.06. The lowest BCUT2D eigenvalue weighted by Gasteiger charge is -2.57. The van der Waals surface area contributed by atoms with Crippen LogP contribution >= 0.6 is 11.3 Å². The number of aliphatic imine (C=N–C) groups is 1. The SMILES string of the molecule is Cc1sc2c(c1C)C(c1ccc(C#CC3CC4(C3)CN(C(=O)OC(C)(C)C)C4)cc1)=N[C@@H](C)c1nnc(C)n1-2. The van der Waals surface area contributed by atoms with E-state index in [0.717, 1.165) is 59.4 Å². The fourth-order valence-electron chi connectivity index (χ4n) is 5.94. The van der Waals surface area contributed by atoms with Crippen LogP contribution < -0.4 is 0 Å². The van der Waals surface area contributed by atoms with Gasteiger partial charge in [0.2, 0.25) is 0 Å². The van der Waals surface area contributed by atoms with Gasteiger partial charge in [0.1, 0.15) is 22.5 Å². The number of likely N-dealkylation sites (tertiary alicyclic amines) is 1. The fourth-order valence-corrected chi connectivity index (χ4v) is 7.16. The zero-order valence-electron chi connectivity index (χ0n) is 23.8. The van der Waals surface area contributed by atoms with Crippen LogP contribution in [0.25, 0.3) is 5.00 Å². The molecule has 202 valence electrons. The molecule has 1 spiro atoms. The zero-order chi connectivity index (χ0) is 27.7. The predicted octanol–water partition coefficient (Wildman–Crippen LogP) is 6.16. The number of amides is 1. The molecule has 1 aliphatic carbocycles. The Morgan fingerprint density at radius 1 is 1.10 bits per heavy atom. The summed E-state index contributed by atoms with van der Waals surface area (Å²) in [6.45, 7) is 15.7. The Morgan fingerprint density at radius 3 is 2.46 bits per heavy atom. The lowest BCUT2D eigenvalue weighted by atomic mass is 9.58. The Labute approximate surface area is 234 Å². The summed E-state index contributed by atoms with van der Waals surface area (Å²) in [4.78, 5) is 20.5. The van der Waals surface area contributed by atoms with Crippen LogP contribution in [0.3, 0.4) is 0 Å². The average molecular weight is 542 g/mol. The zero-order valence-corrected chi connectivity index (χ0v) is 24.6. The molecule has 2 aliphatic heterocycles. The summed E-state index contributed by atoms with van der Waals surface area (Å²) in [7, 11) is 0. The Balaban J connectivity index is 1.15. The molecule has 1 aromatic carbocycles. The third kappa shape index (κ3) is 4.57. The molecule has 1 amide bonds. The Kier molecular flexibility index (Phi) is 5.99. The van der Waals surface area contributed by atoms with E-state index in [1.807, 2.05) is 32.6 Å². The first kappa shape index (κ1) is 25.8. The molecule has 2 aromatic heterocycles. The number of hydrogen-bond acceptors (Lipinski definition) is 6. The van der Waals surface area contributed by atoms with Gasteiger partial charge in [-0.1, -0.05) is 24.0 Å². The molecule has 0 unspecified atom stereocenters. The van der Waals surface area contributed by atoms with E-state index < -0.39 is 5.60 Å². The van der Waals surface area contributed by atoms with Crippen molar-refractivity contribution in [2.75, 3.05) is 13.1 Å². The number of ether oxygens (including phenoxy) is 1. The molecule has 7 nitrogen and oxygen atoms in total. The van der Waals surface area contributed by atoms with E-state index in [0.29, 0.717) is 5.92 Å². The van der Waals surface area contributed by atoms with Crippen molar-refractivity contribution in [3.8, 4) is 16.8 Å². The number of aryl methyl sites for hydroxylation is 2. The van der Waals surface area contributed by atoms with Crippen LogP contribution in [0.15, 0.2) is 29.3 Å². The number of nitrogens with zero attached hydrogens (tertiary/aromatic N) is 5. The van der Waals surface area contributed by atoms with Crippen molar-refractivity contribution in [1.29, 1.82) is 0 Å². The highest BCUT2D eigenvalue weighted by atomic mass is 32.1. The minimum Gasteiger partial charge on any atom is -0.444 e. The number of carbonyl (C=O) groups is 1. The molecule has 1 saturated carbocycles. The maximum Gasteiger partial charge on any atom is 0.410 e. The minimum atomic E-state index is -0.451. The summed E-state index contributed by atoms with van der Waals surface area (Å²) in [5.41, 5.74) is 5.32. The van der Waals surface area contributed by atoms with Gasteiger partial charge >= 0.3 is 6.09 Å². The first-order valence-corrected chi connectivity index (χ1v) is 14.4. The summed E-state index contributed by atoms with van der Waals surface area (Å²) in [6, 6.07) is 8.38. The summed E-state index contributed by atoms with van der Waals surface area (Å²) in [6.07, 6.45) is 1.90. The van der Waals surface area contributed by atoms with Crippen molar-refractivity contribution < 1.29 is 9.53 Å². The largest absolute Gasteiger partial charge is 0.444 e. The standard InChI is InChI=1S/C31H35N5O2S/c1-18-20(3)39-28-25(18)26(32-19(2)27-34-33-21(4)36(27)28)24-12-10-22(11-13-24)8-9-23-14-31(15-23)16-35(17-31)29(37)38-30(5,6)7/h10-13,19,23H,14-17H2,1-7H3/t19-/m0/s1. The van der Waals surface area contributed by atoms with Crippen LogP contribution in [0.1, 0.15) is 85.4 Å². The molecule has 4 heterocycles. The van der Waals surface area contributed by atoms with Gasteiger partial charge in [-0.3, -0.25) is 9.56 Å². The van der Waals surface area contributed by atoms with E-state index in [1.54, 1.807) is 11.3 Å². The predicted molar refractivity (Wildman–Crippen MR) is 154 cm³/mol. The molecule has 0 bridgehead atoms. The van der Waals surface area contributed by atoms with Gasteiger partial charge in [0.05, 0.1) is 5.71 Å². The van der Waals surface area contributed by atoms with Crippen molar-refractivity contribution in [3.05, 3.63) is 63.0 Å². The molecular formula is C31H35N5O2S. The van der Waals surface area contributed by atoms with Crippen molar-refractivity contribution in [1.82, 2.24) is 19.7 Å². The van der Waals surface area contributed by atoms with Gasteiger partial charge in [-0.05, 0) is 79.0 Å². The van der Waals surface area contributed by atoms with Gasteiger partial charge in [0, 0.05) is 46.0 Å². The van der Waals surface area contributed by atoms with Crippen molar-refractivity contribution in [2.24, 2.45) is 16.3 Å². The van der Waals surface area contributed by atoms with E-state index in [1.165, 1.54) is 16.0 Å². The van der Waals surface area contributed by atoms with E-state index in [2.05, 4.69) is 71.6 Å². The summed E-state index contributed by atoms with van der Waals surface area (Å²) in [5.74, 6) is 9.01. The number of fused-ring (bicyclic) bond motifs is 3. The monoisotopic (exact) mass is 541 g/mol. The molecular weight excluding hydrogens is 506 g/mol. The summed E-state index contributed by atoms with van der Waals surface area (Å²) in [5, 5.41) is 9.93. The van der Waals surface area contributed by atoms with Gasteiger partial charge < -0.3 is 9.64 Å². The normalized spacial score (nSPS) is 19.6. The van der Waals surface area contributed by atoms with Crippen molar-refractivity contribution in [3.63, 3.8) is 0 Å². The van der Waals surface area contributed by atoms with Gasteiger partial charge in [0.25, 0.3) is 0 Å². The molecule has 3 aliphatic rings. The smallest absolute Gasteiger partial charge is 0.410 e. The van der Waals surface area contributed by atoms with E-state index in [9.17, 15) is 4.79 Å². The van der Waals surface area contributed by atoms with Crippen molar-refractivity contribution >= 4 is 23.1 Å². The third-order valence-corrected chi connectivity index (χ3v) is 9.19. The fraction of sp³-hybridized carbons (Fsp3) is 0.484. The molecule has 8 heteroatoms. The first-order valence-electron chi connectivity index (χ1n) is 13.6. The van der Waals surface area contributed by atoms with Gasteiger partial charge in [-0.2, -0.15) is 0 Å². The number of rotatable bonds is 1. The summed E-state index contributed by atoms with van der Waals surface area (Å²) < 4.78 is 7.66. The van der Waals surface area contributed by atoms with Crippen LogP contribution in [0, 0.1) is 43.9 Å². The second-order valence-corrected chi connectivity index (χ2v) is 13.5. The topological polar surface area (TPSA) is 72.6 Å². The summed E-state index contributed by atoms with van der Waals surface area (Å²) >= 11 is 1.78. The van der Waals surface area contributed by atoms with Crippen LogP contribution in [-0.2, 0) is 4.74 Å². The Bertz CT molecular complexity index is 1550. The number of hydrogen-bond donors (Lipinski definition) is 0. The van der Waals surface area contributed by atoms with Gasteiger partial charge in [0.15, 0.2) is 5.82 Å². The van der Waals surface area contributed by atoms with E-state index in [-0.39, 0.29) is 17.6 Å². The highest BCUT2D eigenvalue weighted by Crippen LogP contribution is 2.52. The number of aromatic nitrogens is 3. The van der Waals surface area contributed by atoms with E-state index >= 15 is 0 Å². The van der Waals surface area contributed by atoms with Crippen LogP contribution in [-0.4, -0.2) is 50.2 Å². The van der Waals surface area contributed by atoms with Crippen molar-refractivity contribution in [2.45, 2.75) is 73.0 Å². The maximum atomic E-state index is 12.2. The molecule has 39 heavy (non-hydrogen) atoms. The average Bonchev–Trinajstić information content (AvgIpc) is 3.29. The molecule has 3 aromatic rings. The highest BCUT2D eigenvalue weighted by Gasteiger charge is 2.54. The van der Waals surface area contributed by atoms with Crippen LogP contribution in [0.4, 0.5) is 4.79 Å². The molecule has 0 radical (unpaired) electrons. The van der Waals surface area contributed by atoms with Gasteiger partial charge in [-0.25, -0.2) is 4.79 Å². The Morgan fingerprint density at radius 2 is 1.79 bits per heavy atom. The lowest BCUT2D eigenvalue weighted by Crippen LogP contribution is -2.64. The second-order valence-electron chi connectivity index (χ2n) is 12.3. The van der Waals surface area contributed by atoms with Crippen LogP contribution in [0.5, 0.6) is 0 Å². The molecule has 6 rings (SSSR count). The van der Waals surface area contributed by atoms with E-state index in [4.69, 9.17) is 9.73 Å².